The molecule has 1 aliphatic heterocycles. The number of fused-ring (bicyclic) bond motifs is 3. The zero-order valence-electron chi connectivity index (χ0n) is 17.4. The summed E-state index contributed by atoms with van der Waals surface area (Å²) in [5, 5.41) is 0. The minimum absolute atomic E-state index is 0.287. The van der Waals surface area contributed by atoms with E-state index < -0.39 is 0 Å². The molecule has 2 atom stereocenters. The fourth-order valence-corrected chi connectivity index (χ4v) is 4.16. The Labute approximate surface area is 159 Å². The normalized spacial score (nSPS) is 17.0. The van der Waals surface area contributed by atoms with Gasteiger partial charge in [-0.05, 0) is 49.8 Å². The van der Waals surface area contributed by atoms with Crippen molar-refractivity contribution in [3.05, 3.63) is 53.1 Å². The van der Waals surface area contributed by atoms with Gasteiger partial charge in [0.2, 0.25) is 0 Å². The van der Waals surface area contributed by atoms with Crippen LogP contribution in [0, 0.1) is 12.8 Å². The lowest BCUT2D eigenvalue weighted by Gasteiger charge is -2.36. The molecule has 0 fully saturated rings. The Morgan fingerprint density at radius 3 is 2.46 bits per heavy atom. The van der Waals surface area contributed by atoms with Gasteiger partial charge in [0.1, 0.15) is 11.4 Å². The highest BCUT2D eigenvalue weighted by Crippen LogP contribution is 2.46. The molecule has 1 aliphatic rings. The van der Waals surface area contributed by atoms with Crippen LogP contribution >= 0.6 is 0 Å². The molecule has 26 heavy (non-hydrogen) atoms. The third-order valence-corrected chi connectivity index (χ3v) is 6.13. The summed E-state index contributed by atoms with van der Waals surface area (Å²) in [5.74, 6) is 2.30. The van der Waals surface area contributed by atoms with Gasteiger partial charge in [-0.2, -0.15) is 0 Å². The second-order valence-corrected chi connectivity index (χ2v) is 8.68. The molecule has 0 aromatic heterocycles. The second-order valence-electron chi connectivity index (χ2n) is 8.68. The quantitative estimate of drug-likeness (QED) is 0.487. The van der Waals surface area contributed by atoms with Crippen LogP contribution in [0.2, 0.25) is 0 Å². The average molecular weight is 351 g/mol. The molecule has 0 spiro atoms. The molecule has 140 valence electrons. The summed E-state index contributed by atoms with van der Waals surface area (Å²) in [6.45, 7) is 13.5. The third-order valence-electron chi connectivity index (χ3n) is 6.13. The molecule has 1 heterocycles. The van der Waals surface area contributed by atoms with E-state index in [1.54, 1.807) is 0 Å². The predicted molar refractivity (Wildman–Crippen MR) is 112 cm³/mol. The van der Waals surface area contributed by atoms with E-state index in [4.69, 9.17) is 4.74 Å². The summed E-state index contributed by atoms with van der Waals surface area (Å²) in [5.41, 5.74) is 6.26. The lowest BCUT2D eigenvalue weighted by atomic mass is 9.82. The summed E-state index contributed by atoms with van der Waals surface area (Å²) in [6.07, 6.45) is 5.28. The van der Waals surface area contributed by atoms with Gasteiger partial charge in [-0.25, -0.2) is 0 Å². The first kappa shape index (κ1) is 19.0. The van der Waals surface area contributed by atoms with Crippen molar-refractivity contribution in [3.63, 3.8) is 0 Å². The van der Waals surface area contributed by atoms with Crippen molar-refractivity contribution in [3.8, 4) is 16.9 Å². The standard InChI is InChI=1S/C25H34O/c1-7-8-9-10-18(3)19(4)20-12-13-21-22-15-17(2)11-14-23(22)25(5,6)26-24(21)16-20/h11-16,18-19H,7-10H2,1-6H3. The molecule has 0 bridgehead atoms. The summed E-state index contributed by atoms with van der Waals surface area (Å²) in [6, 6.07) is 13.6. The van der Waals surface area contributed by atoms with E-state index >= 15 is 0 Å². The van der Waals surface area contributed by atoms with E-state index in [-0.39, 0.29) is 5.60 Å². The smallest absolute Gasteiger partial charge is 0.129 e. The summed E-state index contributed by atoms with van der Waals surface area (Å²) >= 11 is 0. The van der Waals surface area contributed by atoms with Crippen molar-refractivity contribution in [1.29, 1.82) is 0 Å². The largest absolute Gasteiger partial charge is 0.482 e. The van der Waals surface area contributed by atoms with E-state index in [0.29, 0.717) is 11.8 Å². The molecule has 0 N–H and O–H groups in total. The van der Waals surface area contributed by atoms with Crippen LogP contribution in [-0.2, 0) is 5.60 Å². The average Bonchev–Trinajstić information content (AvgIpc) is 2.60. The Hall–Kier alpha value is -1.76. The van der Waals surface area contributed by atoms with Crippen LogP contribution in [-0.4, -0.2) is 0 Å². The molecular formula is C25H34O. The first-order valence-electron chi connectivity index (χ1n) is 10.3. The number of ether oxygens (including phenoxy) is 1. The lowest BCUT2D eigenvalue weighted by Crippen LogP contribution is -2.29. The zero-order valence-corrected chi connectivity index (χ0v) is 17.4. The highest BCUT2D eigenvalue weighted by atomic mass is 16.5. The van der Waals surface area contributed by atoms with Crippen LogP contribution in [0.15, 0.2) is 36.4 Å². The van der Waals surface area contributed by atoms with Gasteiger partial charge < -0.3 is 4.74 Å². The van der Waals surface area contributed by atoms with Crippen LogP contribution in [0.25, 0.3) is 11.1 Å². The molecule has 3 rings (SSSR count). The van der Waals surface area contributed by atoms with Gasteiger partial charge in [0.25, 0.3) is 0 Å². The number of unbranched alkanes of at least 4 members (excludes halogenated alkanes) is 2. The van der Waals surface area contributed by atoms with Crippen LogP contribution in [0.4, 0.5) is 0 Å². The van der Waals surface area contributed by atoms with Gasteiger partial charge in [0.15, 0.2) is 0 Å². The predicted octanol–water partition coefficient (Wildman–Crippen LogP) is 7.61. The minimum atomic E-state index is -0.287. The fourth-order valence-electron chi connectivity index (χ4n) is 4.16. The summed E-state index contributed by atoms with van der Waals surface area (Å²) in [4.78, 5) is 0. The molecule has 2 unspecified atom stereocenters. The molecule has 0 saturated carbocycles. The zero-order chi connectivity index (χ0) is 18.9. The van der Waals surface area contributed by atoms with Crippen molar-refractivity contribution in [2.45, 2.75) is 78.7 Å². The summed E-state index contributed by atoms with van der Waals surface area (Å²) in [7, 11) is 0. The van der Waals surface area contributed by atoms with Gasteiger partial charge in [-0.15, -0.1) is 0 Å². The number of rotatable bonds is 6. The van der Waals surface area contributed by atoms with E-state index in [0.717, 1.165) is 5.75 Å². The van der Waals surface area contributed by atoms with Crippen molar-refractivity contribution in [2.75, 3.05) is 0 Å². The highest BCUT2D eigenvalue weighted by molar-refractivity contribution is 5.77. The van der Waals surface area contributed by atoms with Gasteiger partial charge in [-0.1, -0.05) is 82.3 Å². The number of benzene rings is 2. The first-order valence-corrected chi connectivity index (χ1v) is 10.3. The van der Waals surface area contributed by atoms with Gasteiger partial charge in [-0.3, -0.25) is 0 Å². The van der Waals surface area contributed by atoms with E-state index in [2.05, 4.69) is 77.9 Å². The molecule has 0 aliphatic carbocycles. The Morgan fingerprint density at radius 2 is 1.73 bits per heavy atom. The Morgan fingerprint density at radius 1 is 0.962 bits per heavy atom. The van der Waals surface area contributed by atoms with Crippen molar-refractivity contribution >= 4 is 0 Å². The molecule has 0 saturated heterocycles. The highest BCUT2D eigenvalue weighted by Gasteiger charge is 2.32. The van der Waals surface area contributed by atoms with Crippen LogP contribution in [0.3, 0.4) is 0 Å². The monoisotopic (exact) mass is 350 g/mol. The van der Waals surface area contributed by atoms with Crippen molar-refractivity contribution in [2.24, 2.45) is 5.92 Å². The van der Waals surface area contributed by atoms with E-state index in [1.807, 2.05) is 0 Å². The van der Waals surface area contributed by atoms with Gasteiger partial charge in [0.05, 0.1) is 0 Å². The van der Waals surface area contributed by atoms with Crippen LogP contribution in [0.1, 0.15) is 82.9 Å². The first-order chi connectivity index (χ1) is 12.3. The van der Waals surface area contributed by atoms with E-state index in [9.17, 15) is 0 Å². The maximum absolute atomic E-state index is 6.45. The lowest BCUT2D eigenvalue weighted by molar-refractivity contribution is 0.105. The second kappa shape index (κ2) is 7.47. The van der Waals surface area contributed by atoms with Crippen LogP contribution in [0.5, 0.6) is 5.75 Å². The van der Waals surface area contributed by atoms with Crippen molar-refractivity contribution in [1.82, 2.24) is 0 Å². The minimum Gasteiger partial charge on any atom is -0.482 e. The maximum atomic E-state index is 6.45. The SMILES string of the molecule is CCCCCC(C)C(C)c1ccc2c(c1)OC(C)(C)c1ccc(C)cc1-2. The number of aryl methyl sites for hydroxylation is 1. The van der Waals surface area contributed by atoms with Gasteiger partial charge in [0, 0.05) is 11.1 Å². The molecule has 2 aromatic rings. The molecule has 0 radical (unpaired) electrons. The molecule has 2 aromatic carbocycles. The maximum Gasteiger partial charge on any atom is 0.129 e. The Bertz CT molecular complexity index is 772. The van der Waals surface area contributed by atoms with E-state index in [1.165, 1.54) is 53.5 Å². The molecular weight excluding hydrogens is 316 g/mol. The molecule has 0 amide bonds. The third kappa shape index (κ3) is 3.68. The molecule has 1 heteroatoms. The van der Waals surface area contributed by atoms with Gasteiger partial charge >= 0.3 is 0 Å². The Balaban J connectivity index is 1.92. The number of hydrogen-bond donors (Lipinski definition) is 0. The number of hydrogen-bond acceptors (Lipinski definition) is 1. The van der Waals surface area contributed by atoms with Crippen molar-refractivity contribution < 1.29 is 4.74 Å². The topological polar surface area (TPSA) is 9.23 Å². The van der Waals surface area contributed by atoms with Crippen LogP contribution < -0.4 is 4.74 Å². The fraction of sp³-hybridized carbons (Fsp3) is 0.520. The Kier molecular flexibility index (Phi) is 5.46. The molecule has 1 nitrogen and oxygen atoms in total. The summed E-state index contributed by atoms with van der Waals surface area (Å²) < 4.78 is 6.45.